The largest absolute Gasteiger partial charge is 0.366 e. The van der Waals surface area contributed by atoms with E-state index in [2.05, 4.69) is 39.6 Å². The zero-order valence-electron chi connectivity index (χ0n) is 15.0. The van der Waals surface area contributed by atoms with E-state index in [1.165, 1.54) is 5.00 Å². The lowest BCUT2D eigenvalue weighted by Gasteiger charge is -2.37. The van der Waals surface area contributed by atoms with Crippen molar-refractivity contribution in [3.8, 4) is 0 Å². The number of hydrogen-bond donors (Lipinski definition) is 2. The summed E-state index contributed by atoms with van der Waals surface area (Å²) in [6, 6.07) is 11.6. The number of amides is 1. The number of rotatable bonds is 5. The van der Waals surface area contributed by atoms with Gasteiger partial charge in [0.15, 0.2) is 5.96 Å². The number of nitrogens with zero attached hydrogens (tertiary/aromatic N) is 3. The molecule has 1 aromatic heterocycles. The first-order valence-corrected chi connectivity index (χ1v) is 9.76. The van der Waals surface area contributed by atoms with E-state index in [0.29, 0.717) is 12.1 Å². The third-order valence-electron chi connectivity index (χ3n) is 4.35. The van der Waals surface area contributed by atoms with E-state index < -0.39 is 5.91 Å². The minimum absolute atomic E-state index is 0.410. The Morgan fingerprint density at radius 2 is 2.04 bits per heavy atom. The van der Waals surface area contributed by atoms with Gasteiger partial charge in [0.1, 0.15) is 0 Å². The van der Waals surface area contributed by atoms with Crippen LogP contribution in [0.5, 0.6) is 0 Å². The van der Waals surface area contributed by atoms with E-state index >= 15 is 0 Å². The summed E-state index contributed by atoms with van der Waals surface area (Å²) in [7, 11) is 0. The van der Waals surface area contributed by atoms with Crippen molar-refractivity contribution in [3.05, 3.63) is 52.9 Å². The lowest BCUT2D eigenvalue weighted by Crippen LogP contribution is -2.52. The first-order valence-electron chi connectivity index (χ1n) is 8.88. The van der Waals surface area contributed by atoms with Crippen molar-refractivity contribution in [1.82, 2.24) is 10.2 Å². The quantitative estimate of drug-likeness (QED) is 0.624. The van der Waals surface area contributed by atoms with Gasteiger partial charge in [0.25, 0.3) is 0 Å². The Morgan fingerprint density at radius 3 is 2.69 bits per heavy atom. The Bertz CT molecular complexity index is 751. The van der Waals surface area contributed by atoms with Crippen LogP contribution in [0, 0.1) is 0 Å². The molecular formula is C19H25N5OS. The Hall–Kier alpha value is -2.54. The fourth-order valence-electron chi connectivity index (χ4n) is 3.00. The molecule has 6 nitrogen and oxygen atoms in total. The maximum Gasteiger partial charge on any atom is 0.248 e. The first-order chi connectivity index (χ1) is 12.7. The van der Waals surface area contributed by atoms with Crippen LogP contribution in [0.25, 0.3) is 0 Å². The number of primary amides is 1. The lowest BCUT2D eigenvalue weighted by atomic mass is 10.1. The highest BCUT2D eigenvalue weighted by Crippen LogP contribution is 2.22. The van der Waals surface area contributed by atoms with Crippen LogP contribution < -0.4 is 16.0 Å². The zero-order valence-corrected chi connectivity index (χ0v) is 15.8. The minimum atomic E-state index is -0.410. The highest BCUT2D eigenvalue weighted by molar-refractivity contribution is 7.14. The van der Waals surface area contributed by atoms with Crippen LogP contribution in [0.3, 0.4) is 0 Å². The van der Waals surface area contributed by atoms with Gasteiger partial charge in [-0.25, -0.2) is 4.99 Å². The predicted molar refractivity (Wildman–Crippen MR) is 108 cm³/mol. The van der Waals surface area contributed by atoms with E-state index in [0.717, 1.165) is 44.2 Å². The van der Waals surface area contributed by atoms with Gasteiger partial charge in [0.2, 0.25) is 5.91 Å². The van der Waals surface area contributed by atoms with Crippen molar-refractivity contribution in [2.24, 2.45) is 10.7 Å². The smallest absolute Gasteiger partial charge is 0.248 e. The Labute approximate surface area is 158 Å². The molecule has 0 unspecified atom stereocenters. The monoisotopic (exact) mass is 371 g/mol. The fourth-order valence-corrected chi connectivity index (χ4v) is 3.79. The van der Waals surface area contributed by atoms with Gasteiger partial charge in [0.05, 0.1) is 11.5 Å². The highest BCUT2D eigenvalue weighted by atomic mass is 32.1. The molecule has 1 saturated heterocycles. The van der Waals surface area contributed by atoms with E-state index in [9.17, 15) is 4.79 Å². The number of guanidine groups is 1. The highest BCUT2D eigenvalue weighted by Gasteiger charge is 2.20. The van der Waals surface area contributed by atoms with Gasteiger partial charge >= 0.3 is 0 Å². The Balaban J connectivity index is 1.64. The Kier molecular flexibility index (Phi) is 6.12. The molecule has 26 heavy (non-hydrogen) atoms. The van der Waals surface area contributed by atoms with Crippen molar-refractivity contribution in [1.29, 1.82) is 0 Å². The molecule has 1 aliphatic heterocycles. The summed E-state index contributed by atoms with van der Waals surface area (Å²) in [5, 5.41) is 6.82. The summed E-state index contributed by atoms with van der Waals surface area (Å²) in [6.07, 6.45) is 0. The van der Waals surface area contributed by atoms with Gasteiger partial charge < -0.3 is 20.9 Å². The number of nitrogens with two attached hydrogens (primary N) is 1. The molecular weight excluding hydrogens is 346 g/mol. The second kappa shape index (κ2) is 8.71. The average molecular weight is 372 g/mol. The van der Waals surface area contributed by atoms with Gasteiger partial charge in [-0.05, 0) is 42.1 Å². The predicted octanol–water partition coefficient (Wildman–Crippen LogP) is 2.13. The number of nitrogens with one attached hydrogen (secondary N) is 1. The molecule has 2 heterocycles. The van der Waals surface area contributed by atoms with E-state index in [-0.39, 0.29) is 0 Å². The average Bonchev–Trinajstić information content (AvgIpc) is 3.20. The number of thiophene rings is 1. The van der Waals surface area contributed by atoms with Crippen LogP contribution in [0.4, 0.5) is 5.00 Å². The lowest BCUT2D eigenvalue weighted by molar-refractivity contribution is 0.1000. The van der Waals surface area contributed by atoms with Gasteiger partial charge in [-0.15, -0.1) is 11.3 Å². The summed E-state index contributed by atoms with van der Waals surface area (Å²) >= 11 is 1.78. The Morgan fingerprint density at radius 1 is 1.23 bits per heavy atom. The van der Waals surface area contributed by atoms with Gasteiger partial charge in [-0.2, -0.15) is 0 Å². The van der Waals surface area contributed by atoms with Crippen molar-refractivity contribution in [2.75, 3.05) is 37.6 Å². The summed E-state index contributed by atoms with van der Waals surface area (Å²) in [5.74, 6) is 0.509. The molecule has 1 aliphatic rings. The third-order valence-corrected chi connectivity index (χ3v) is 5.28. The van der Waals surface area contributed by atoms with E-state index in [1.807, 2.05) is 18.2 Å². The molecule has 3 rings (SSSR count). The number of aliphatic imine (C=N–C) groups is 1. The second-order valence-corrected chi connectivity index (χ2v) is 7.09. The van der Waals surface area contributed by atoms with Crippen LogP contribution in [0.2, 0.25) is 0 Å². The summed E-state index contributed by atoms with van der Waals surface area (Å²) < 4.78 is 0. The molecule has 7 heteroatoms. The number of carbonyl (C=O) groups is 1. The first kappa shape index (κ1) is 18.3. The molecule has 0 spiro atoms. The molecule has 0 atom stereocenters. The molecule has 1 aromatic carbocycles. The number of anilines is 1. The summed E-state index contributed by atoms with van der Waals surface area (Å²) in [5.41, 5.74) is 6.86. The van der Waals surface area contributed by atoms with Gasteiger partial charge in [0, 0.05) is 38.3 Å². The number of hydrogen-bond acceptors (Lipinski definition) is 4. The molecule has 0 bridgehead atoms. The SMILES string of the molecule is CCNC(=NCc1cccc(C(N)=O)c1)N1CCN(c2cccs2)CC1. The van der Waals surface area contributed by atoms with Crippen LogP contribution in [0.15, 0.2) is 46.8 Å². The van der Waals surface area contributed by atoms with Crippen LogP contribution in [-0.2, 0) is 6.54 Å². The molecule has 1 fully saturated rings. The molecule has 0 aliphatic carbocycles. The van der Waals surface area contributed by atoms with Crippen LogP contribution >= 0.6 is 11.3 Å². The van der Waals surface area contributed by atoms with E-state index in [4.69, 9.17) is 10.7 Å². The van der Waals surface area contributed by atoms with Gasteiger partial charge in [-0.3, -0.25) is 4.79 Å². The zero-order chi connectivity index (χ0) is 18.4. The van der Waals surface area contributed by atoms with Gasteiger partial charge in [-0.1, -0.05) is 12.1 Å². The minimum Gasteiger partial charge on any atom is -0.366 e. The molecule has 0 radical (unpaired) electrons. The fraction of sp³-hybridized carbons (Fsp3) is 0.368. The normalized spacial score (nSPS) is 15.2. The third kappa shape index (κ3) is 4.54. The van der Waals surface area contributed by atoms with Crippen molar-refractivity contribution >= 4 is 28.2 Å². The second-order valence-electron chi connectivity index (χ2n) is 6.16. The standard InChI is InChI=1S/C19H25N5OS/c1-2-21-19(22-14-15-5-3-6-16(13-15)18(20)25)24-10-8-23(9-11-24)17-7-4-12-26-17/h3-7,12-13H,2,8-11,14H2,1H3,(H2,20,25)(H,21,22). The van der Waals surface area contributed by atoms with Crippen molar-refractivity contribution in [2.45, 2.75) is 13.5 Å². The van der Waals surface area contributed by atoms with Crippen LogP contribution in [0.1, 0.15) is 22.8 Å². The maximum atomic E-state index is 11.3. The number of carbonyl (C=O) groups excluding carboxylic acids is 1. The number of piperazine rings is 1. The van der Waals surface area contributed by atoms with Crippen molar-refractivity contribution < 1.29 is 4.79 Å². The molecule has 2 aromatic rings. The maximum absolute atomic E-state index is 11.3. The van der Waals surface area contributed by atoms with Crippen LogP contribution in [-0.4, -0.2) is 49.5 Å². The molecule has 138 valence electrons. The number of benzene rings is 1. The van der Waals surface area contributed by atoms with E-state index in [1.54, 1.807) is 17.4 Å². The van der Waals surface area contributed by atoms with Crippen molar-refractivity contribution in [3.63, 3.8) is 0 Å². The molecule has 0 saturated carbocycles. The molecule has 1 amide bonds. The summed E-state index contributed by atoms with van der Waals surface area (Å²) in [4.78, 5) is 20.8. The molecule has 3 N–H and O–H groups in total. The summed E-state index contributed by atoms with van der Waals surface area (Å²) in [6.45, 7) is 7.27. The topological polar surface area (TPSA) is 74.0 Å².